The molecule has 0 fully saturated rings. The number of carbonyl (C=O) groups excluding carboxylic acids is 3. The molecule has 0 saturated carbocycles. The molecule has 0 aliphatic rings. The summed E-state index contributed by atoms with van der Waals surface area (Å²) in [4.78, 5) is 40.4. The molecule has 10 heteroatoms. The standard InChI is InChI=1S/C26H35N3O7/c1-16-8-6-7-9-19(16)27-23(33)22(18-10-11-21(32)17(2)14-18)29(12-13-30)24(34)20(15-31)28-25(35)36-26(3,4)5/h6-11,14,20,22,30-32H,12-13,15H2,1-5H3,(H,27,33)(H,28,35). The Hall–Kier alpha value is -3.63. The first-order chi connectivity index (χ1) is 16.9. The van der Waals surface area contributed by atoms with Gasteiger partial charge in [-0.3, -0.25) is 9.59 Å². The van der Waals surface area contributed by atoms with E-state index in [0.29, 0.717) is 16.8 Å². The molecule has 0 aliphatic carbocycles. The lowest BCUT2D eigenvalue weighted by atomic mass is 10.00. The van der Waals surface area contributed by atoms with Crippen LogP contribution in [0.25, 0.3) is 0 Å². The van der Waals surface area contributed by atoms with E-state index in [-0.39, 0.29) is 12.3 Å². The van der Waals surface area contributed by atoms with Crippen molar-refractivity contribution in [1.29, 1.82) is 0 Å². The van der Waals surface area contributed by atoms with Crippen LogP contribution >= 0.6 is 0 Å². The second-order valence-corrected chi connectivity index (χ2v) is 9.39. The van der Waals surface area contributed by atoms with Gasteiger partial charge in [-0.1, -0.05) is 24.3 Å². The molecule has 2 aromatic carbocycles. The smallest absolute Gasteiger partial charge is 0.408 e. The Morgan fingerprint density at radius 3 is 2.25 bits per heavy atom. The average Bonchev–Trinajstić information content (AvgIpc) is 2.79. The molecule has 0 saturated heterocycles. The monoisotopic (exact) mass is 501 g/mol. The number of aryl methyl sites for hydroxylation is 2. The number of rotatable bonds is 9. The Bertz CT molecular complexity index is 1080. The van der Waals surface area contributed by atoms with Crippen LogP contribution in [0.5, 0.6) is 5.75 Å². The maximum atomic E-state index is 13.6. The number of hydrogen-bond acceptors (Lipinski definition) is 7. The molecule has 10 nitrogen and oxygen atoms in total. The van der Waals surface area contributed by atoms with Gasteiger partial charge in [0.15, 0.2) is 0 Å². The normalized spacial score (nSPS) is 12.9. The number of nitrogens with one attached hydrogen (secondary N) is 2. The van der Waals surface area contributed by atoms with Gasteiger partial charge in [0.25, 0.3) is 5.91 Å². The highest BCUT2D eigenvalue weighted by Gasteiger charge is 2.36. The van der Waals surface area contributed by atoms with Gasteiger partial charge in [0.2, 0.25) is 5.91 Å². The first-order valence-electron chi connectivity index (χ1n) is 11.6. The maximum Gasteiger partial charge on any atom is 0.408 e. The molecule has 0 aliphatic heterocycles. The first kappa shape index (κ1) is 28.6. The van der Waals surface area contributed by atoms with Crippen LogP contribution < -0.4 is 10.6 Å². The minimum Gasteiger partial charge on any atom is -0.508 e. The number of ether oxygens (including phenoxy) is 1. The molecule has 196 valence electrons. The predicted molar refractivity (Wildman–Crippen MR) is 134 cm³/mol. The van der Waals surface area contributed by atoms with E-state index in [4.69, 9.17) is 4.74 Å². The number of alkyl carbamates (subject to hydrolysis) is 1. The van der Waals surface area contributed by atoms with Gasteiger partial charge in [-0.2, -0.15) is 0 Å². The van der Waals surface area contributed by atoms with Gasteiger partial charge in [-0.05, 0) is 69.5 Å². The van der Waals surface area contributed by atoms with Crippen LogP contribution in [0.3, 0.4) is 0 Å². The van der Waals surface area contributed by atoms with Crippen LogP contribution in [0.4, 0.5) is 10.5 Å². The molecule has 2 atom stereocenters. The molecule has 2 unspecified atom stereocenters. The molecular weight excluding hydrogens is 466 g/mol. The second-order valence-electron chi connectivity index (χ2n) is 9.39. The Labute approximate surface area is 210 Å². The first-order valence-corrected chi connectivity index (χ1v) is 11.6. The SMILES string of the molecule is Cc1cc(C(C(=O)Nc2ccccc2C)N(CCO)C(=O)C(CO)NC(=O)OC(C)(C)C)ccc1O. The van der Waals surface area contributed by atoms with Gasteiger partial charge < -0.3 is 35.6 Å². The lowest BCUT2D eigenvalue weighted by molar-refractivity contribution is -0.142. The Morgan fingerprint density at radius 2 is 1.69 bits per heavy atom. The molecular formula is C26H35N3O7. The van der Waals surface area contributed by atoms with Crippen LogP contribution in [0.2, 0.25) is 0 Å². The molecule has 36 heavy (non-hydrogen) atoms. The Kier molecular flexibility index (Phi) is 9.83. The third-order valence-corrected chi connectivity index (χ3v) is 5.30. The highest BCUT2D eigenvalue weighted by Crippen LogP contribution is 2.28. The lowest BCUT2D eigenvalue weighted by Crippen LogP contribution is -2.54. The average molecular weight is 502 g/mol. The summed E-state index contributed by atoms with van der Waals surface area (Å²) in [6, 6.07) is 8.89. The van der Waals surface area contributed by atoms with Crippen molar-refractivity contribution >= 4 is 23.6 Å². The lowest BCUT2D eigenvalue weighted by Gasteiger charge is -2.34. The fourth-order valence-corrected chi connectivity index (χ4v) is 3.55. The van der Waals surface area contributed by atoms with Crippen LogP contribution in [0.15, 0.2) is 42.5 Å². The second kappa shape index (κ2) is 12.4. The third kappa shape index (κ3) is 7.69. The summed E-state index contributed by atoms with van der Waals surface area (Å²) in [5.41, 5.74) is 1.34. The number of hydrogen-bond donors (Lipinski definition) is 5. The van der Waals surface area contributed by atoms with Crippen LogP contribution in [0, 0.1) is 13.8 Å². The molecule has 0 spiro atoms. The van der Waals surface area contributed by atoms with E-state index in [1.54, 1.807) is 45.9 Å². The molecule has 0 bridgehead atoms. The number of aliphatic hydroxyl groups excluding tert-OH is 2. The van der Waals surface area contributed by atoms with Crippen molar-refractivity contribution in [2.75, 3.05) is 25.1 Å². The van der Waals surface area contributed by atoms with Gasteiger partial charge in [0.05, 0.1) is 13.2 Å². The van der Waals surface area contributed by atoms with Crippen molar-refractivity contribution in [3.05, 3.63) is 59.2 Å². The van der Waals surface area contributed by atoms with Crippen LogP contribution in [0.1, 0.15) is 43.5 Å². The number of carbonyl (C=O) groups is 3. The summed E-state index contributed by atoms with van der Waals surface area (Å²) in [5.74, 6) is -1.37. The van der Waals surface area contributed by atoms with Crippen molar-refractivity contribution < 1.29 is 34.4 Å². The molecule has 0 aromatic heterocycles. The van der Waals surface area contributed by atoms with Crippen molar-refractivity contribution in [2.24, 2.45) is 0 Å². The van der Waals surface area contributed by atoms with E-state index in [1.807, 2.05) is 19.1 Å². The number of aliphatic hydroxyl groups is 2. The van der Waals surface area contributed by atoms with Gasteiger partial charge >= 0.3 is 6.09 Å². The highest BCUT2D eigenvalue weighted by atomic mass is 16.6. The quantitative estimate of drug-likeness (QED) is 0.354. The van der Waals surface area contributed by atoms with Gasteiger partial charge in [0.1, 0.15) is 23.4 Å². The van der Waals surface area contributed by atoms with Gasteiger partial charge in [-0.15, -0.1) is 0 Å². The van der Waals surface area contributed by atoms with E-state index in [0.717, 1.165) is 10.5 Å². The fraction of sp³-hybridized carbons (Fsp3) is 0.423. The van der Waals surface area contributed by atoms with Crippen LogP contribution in [-0.2, 0) is 14.3 Å². The van der Waals surface area contributed by atoms with Gasteiger partial charge in [-0.25, -0.2) is 4.79 Å². The van der Waals surface area contributed by atoms with Crippen molar-refractivity contribution in [1.82, 2.24) is 10.2 Å². The molecule has 5 N–H and O–H groups in total. The third-order valence-electron chi connectivity index (χ3n) is 5.30. The number of aromatic hydroxyl groups is 1. The summed E-state index contributed by atoms with van der Waals surface area (Å²) in [7, 11) is 0. The van der Waals surface area contributed by atoms with Crippen molar-refractivity contribution in [3.63, 3.8) is 0 Å². The Morgan fingerprint density at radius 1 is 1.03 bits per heavy atom. The predicted octanol–water partition coefficient (Wildman–Crippen LogP) is 2.40. The fourth-order valence-electron chi connectivity index (χ4n) is 3.55. The zero-order valence-corrected chi connectivity index (χ0v) is 21.2. The van der Waals surface area contributed by atoms with E-state index >= 15 is 0 Å². The van der Waals surface area contributed by atoms with E-state index in [1.165, 1.54) is 12.1 Å². The number of phenols is 1. The summed E-state index contributed by atoms with van der Waals surface area (Å²) in [5, 5.41) is 34.8. The number of para-hydroxylation sites is 1. The van der Waals surface area contributed by atoms with Crippen molar-refractivity contribution in [3.8, 4) is 5.75 Å². The van der Waals surface area contributed by atoms with Crippen LogP contribution in [-0.4, -0.2) is 69.5 Å². The minimum absolute atomic E-state index is 0.0108. The molecule has 2 aromatic rings. The number of phenolic OH excluding ortho intramolecular Hbond substituents is 1. The van der Waals surface area contributed by atoms with Crippen molar-refractivity contribution in [2.45, 2.75) is 52.3 Å². The zero-order valence-electron chi connectivity index (χ0n) is 21.2. The number of anilines is 1. The summed E-state index contributed by atoms with van der Waals surface area (Å²) < 4.78 is 5.19. The summed E-state index contributed by atoms with van der Waals surface area (Å²) in [6.45, 7) is 6.91. The largest absolute Gasteiger partial charge is 0.508 e. The summed E-state index contributed by atoms with van der Waals surface area (Å²) >= 11 is 0. The topological polar surface area (TPSA) is 148 Å². The maximum absolute atomic E-state index is 13.6. The molecule has 2 rings (SSSR count). The zero-order chi connectivity index (χ0) is 27.0. The summed E-state index contributed by atoms with van der Waals surface area (Å²) in [6.07, 6.45) is -0.916. The van der Waals surface area contributed by atoms with E-state index < -0.39 is 48.8 Å². The molecule has 3 amide bonds. The Balaban J connectivity index is 2.48. The number of nitrogens with zero attached hydrogens (tertiary/aromatic N) is 1. The molecule has 0 radical (unpaired) electrons. The number of amides is 3. The van der Waals surface area contributed by atoms with E-state index in [2.05, 4.69) is 10.6 Å². The van der Waals surface area contributed by atoms with E-state index in [9.17, 15) is 29.7 Å². The highest BCUT2D eigenvalue weighted by molar-refractivity contribution is 5.99. The van der Waals surface area contributed by atoms with Gasteiger partial charge in [0, 0.05) is 12.2 Å². The minimum atomic E-state index is -1.43. The molecule has 0 heterocycles. The number of benzene rings is 2.